The Labute approximate surface area is 137 Å². The quantitative estimate of drug-likeness (QED) is 0.854. The van der Waals surface area contributed by atoms with E-state index < -0.39 is 0 Å². The third kappa shape index (κ3) is 5.11. The summed E-state index contributed by atoms with van der Waals surface area (Å²) >= 11 is 0. The molecular formula is C19H23NO3. The van der Waals surface area contributed by atoms with Gasteiger partial charge in [-0.1, -0.05) is 48.0 Å². The van der Waals surface area contributed by atoms with E-state index in [0.29, 0.717) is 6.54 Å². The smallest absolute Gasteiger partial charge is 0.258 e. The average Bonchev–Trinajstić information content (AvgIpc) is 2.55. The third-order valence-electron chi connectivity index (χ3n) is 3.63. The second-order valence-electron chi connectivity index (χ2n) is 5.50. The van der Waals surface area contributed by atoms with Crippen LogP contribution in [0.1, 0.15) is 22.8 Å². The van der Waals surface area contributed by atoms with Gasteiger partial charge in [0.25, 0.3) is 5.91 Å². The molecule has 0 saturated carbocycles. The van der Waals surface area contributed by atoms with E-state index in [9.17, 15) is 4.79 Å². The van der Waals surface area contributed by atoms with Gasteiger partial charge in [0.05, 0.1) is 6.10 Å². The van der Waals surface area contributed by atoms with Crippen LogP contribution in [-0.4, -0.2) is 26.2 Å². The molecule has 1 amide bonds. The van der Waals surface area contributed by atoms with Crippen molar-refractivity contribution in [2.45, 2.75) is 20.0 Å². The van der Waals surface area contributed by atoms with E-state index >= 15 is 0 Å². The normalized spacial score (nSPS) is 11.8. The molecule has 0 bridgehead atoms. The molecule has 0 aromatic heterocycles. The number of hydrogen-bond acceptors (Lipinski definition) is 3. The maximum Gasteiger partial charge on any atom is 0.258 e. The first-order valence-electron chi connectivity index (χ1n) is 7.64. The molecule has 0 heterocycles. The number of aryl methyl sites for hydroxylation is 2. The van der Waals surface area contributed by atoms with Crippen molar-refractivity contribution >= 4 is 5.91 Å². The number of benzene rings is 2. The van der Waals surface area contributed by atoms with Gasteiger partial charge < -0.3 is 14.8 Å². The second kappa shape index (κ2) is 8.34. The minimum Gasteiger partial charge on any atom is -0.484 e. The zero-order valence-electron chi connectivity index (χ0n) is 13.8. The number of rotatable bonds is 7. The fourth-order valence-corrected chi connectivity index (χ4v) is 2.37. The zero-order chi connectivity index (χ0) is 16.7. The Balaban J connectivity index is 1.82. The highest BCUT2D eigenvalue weighted by molar-refractivity contribution is 5.77. The van der Waals surface area contributed by atoms with Crippen molar-refractivity contribution in [1.82, 2.24) is 5.32 Å². The minimum atomic E-state index is -0.165. The third-order valence-corrected chi connectivity index (χ3v) is 3.63. The van der Waals surface area contributed by atoms with Gasteiger partial charge in [-0.05, 0) is 31.0 Å². The molecule has 0 aliphatic heterocycles. The monoisotopic (exact) mass is 313 g/mol. The molecule has 1 N–H and O–H groups in total. The number of carbonyl (C=O) groups excluding carboxylic acids is 1. The molecule has 1 unspecified atom stereocenters. The van der Waals surface area contributed by atoms with Crippen molar-refractivity contribution in [2.75, 3.05) is 20.3 Å². The zero-order valence-corrected chi connectivity index (χ0v) is 13.8. The molecule has 23 heavy (non-hydrogen) atoms. The highest BCUT2D eigenvalue weighted by atomic mass is 16.5. The van der Waals surface area contributed by atoms with Gasteiger partial charge in [-0.2, -0.15) is 0 Å². The molecule has 2 aromatic rings. The standard InChI is InChI=1S/C19H23NO3/c1-14-9-10-17(15(2)11-14)23-13-19(21)20-12-18(22-3)16-7-5-4-6-8-16/h4-11,18H,12-13H2,1-3H3,(H,20,21). The van der Waals surface area contributed by atoms with E-state index in [-0.39, 0.29) is 18.6 Å². The lowest BCUT2D eigenvalue weighted by atomic mass is 10.1. The number of hydrogen-bond donors (Lipinski definition) is 1. The Kier molecular flexibility index (Phi) is 6.18. The van der Waals surface area contributed by atoms with Gasteiger partial charge in [-0.25, -0.2) is 0 Å². The van der Waals surface area contributed by atoms with Crippen LogP contribution in [0.2, 0.25) is 0 Å². The van der Waals surface area contributed by atoms with Crippen LogP contribution < -0.4 is 10.1 Å². The molecule has 0 spiro atoms. The molecule has 4 heteroatoms. The molecular weight excluding hydrogens is 290 g/mol. The van der Waals surface area contributed by atoms with Crippen LogP contribution in [-0.2, 0) is 9.53 Å². The van der Waals surface area contributed by atoms with E-state index in [1.807, 2.05) is 62.4 Å². The van der Waals surface area contributed by atoms with Crippen LogP contribution in [0.25, 0.3) is 0 Å². The van der Waals surface area contributed by atoms with Gasteiger partial charge in [0, 0.05) is 13.7 Å². The average molecular weight is 313 g/mol. The topological polar surface area (TPSA) is 47.6 Å². The molecule has 0 aliphatic carbocycles. The van der Waals surface area contributed by atoms with Gasteiger partial charge >= 0.3 is 0 Å². The van der Waals surface area contributed by atoms with Gasteiger partial charge in [0.1, 0.15) is 5.75 Å². The number of nitrogens with one attached hydrogen (secondary N) is 1. The summed E-state index contributed by atoms with van der Waals surface area (Å²) in [7, 11) is 1.63. The van der Waals surface area contributed by atoms with Crippen molar-refractivity contribution in [2.24, 2.45) is 0 Å². The van der Waals surface area contributed by atoms with Crippen molar-refractivity contribution in [3.63, 3.8) is 0 Å². The van der Waals surface area contributed by atoms with Gasteiger partial charge in [-0.15, -0.1) is 0 Å². The number of amides is 1. The summed E-state index contributed by atoms with van der Waals surface area (Å²) in [6.45, 7) is 4.40. The molecule has 2 aromatic carbocycles. The Bertz CT molecular complexity index is 640. The number of carbonyl (C=O) groups is 1. The molecule has 0 radical (unpaired) electrons. The molecule has 1 atom stereocenters. The van der Waals surface area contributed by atoms with Crippen LogP contribution in [0.15, 0.2) is 48.5 Å². The maximum absolute atomic E-state index is 12.0. The number of methoxy groups -OCH3 is 1. The van der Waals surface area contributed by atoms with E-state index in [1.54, 1.807) is 7.11 Å². The second-order valence-corrected chi connectivity index (χ2v) is 5.50. The molecule has 4 nitrogen and oxygen atoms in total. The highest BCUT2D eigenvalue weighted by Crippen LogP contribution is 2.18. The summed E-state index contributed by atoms with van der Waals surface area (Å²) in [5.74, 6) is 0.569. The van der Waals surface area contributed by atoms with Crippen molar-refractivity contribution < 1.29 is 14.3 Å². The molecule has 0 saturated heterocycles. The lowest BCUT2D eigenvalue weighted by Crippen LogP contribution is -2.33. The summed E-state index contributed by atoms with van der Waals surface area (Å²) in [5, 5.41) is 2.84. The largest absolute Gasteiger partial charge is 0.484 e. The maximum atomic E-state index is 12.0. The molecule has 0 aliphatic rings. The molecule has 122 valence electrons. The van der Waals surface area contributed by atoms with Gasteiger partial charge in [0.15, 0.2) is 6.61 Å². The molecule has 0 fully saturated rings. The number of ether oxygens (including phenoxy) is 2. The molecule has 2 rings (SSSR count). The fourth-order valence-electron chi connectivity index (χ4n) is 2.37. The Morgan fingerprint density at radius 1 is 1.13 bits per heavy atom. The van der Waals surface area contributed by atoms with Crippen LogP contribution in [0, 0.1) is 13.8 Å². The summed E-state index contributed by atoms with van der Waals surface area (Å²) in [4.78, 5) is 12.0. The minimum absolute atomic E-state index is 0.00484. The van der Waals surface area contributed by atoms with Crippen molar-refractivity contribution in [3.8, 4) is 5.75 Å². The van der Waals surface area contributed by atoms with E-state index in [4.69, 9.17) is 9.47 Å². The van der Waals surface area contributed by atoms with Crippen LogP contribution in [0.4, 0.5) is 0 Å². The Morgan fingerprint density at radius 3 is 2.52 bits per heavy atom. The van der Waals surface area contributed by atoms with Crippen LogP contribution in [0.3, 0.4) is 0 Å². The summed E-state index contributed by atoms with van der Waals surface area (Å²) in [5.41, 5.74) is 3.23. The highest BCUT2D eigenvalue weighted by Gasteiger charge is 2.12. The Morgan fingerprint density at radius 2 is 1.87 bits per heavy atom. The summed E-state index contributed by atoms with van der Waals surface area (Å²) in [6.07, 6.45) is -0.165. The first-order chi connectivity index (χ1) is 11.1. The fraction of sp³-hybridized carbons (Fsp3) is 0.316. The predicted molar refractivity (Wildman–Crippen MR) is 90.6 cm³/mol. The van der Waals surface area contributed by atoms with Crippen molar-refractivity contribution in [1.29, 1.82) is 0 Å². The Hall–Kier alpha value is -2.33. The van der Waals surface area contributed by atoms with Gasteiger partial charge in [0.2, 0.25) is 0 Å². The lowest BCUT2D eigenvalue weighted by Gasteiger charge is -2.17. The van der Waals surface area contributed by atoms with Crippen LogP contribution in [0.5, 0.6) is 5.75 Å². The van der Waals surface area contributed by atoms with Crippen LogP contribution >= 0.6 is 0 Å². The van der Waals surface area contributed by atoms with E-state index in [2.05, 4.69) is 5.32 Å². The summed E-state index contributed by atoms with van der Waals surface area (Å²) in [6, 6.07) is 15.7. The van der Waals surface area contributed by atoms with E-state index in [0.717, 1.165) is 16.9 Å². The first-order valence-corrected chi connectivity index (χ1v) is 7.64. The predicted octanol–water partition coefficient (Wildman–Crippen LogP) is 3.19. The lowest BCUT2D eigenvalue weighted by molar-refractivity contribution is -0.123. The summed E-state index contributed by atoms with van der Waals surface area (Å²) < 4.78 is 11.0. The van der Waals surface area contributed by atoms with Crippen molar-refractivity contribution in [3.05, 3.63) is 65.2 Å². The first kappa shape index (κ1) is 17.0. The van der Waals surface area contributed by atoms with Gasteiger partial charge in [-0.3, -0.25) is 4.79 Å². The SMILES string of the molecule is COC(CNC(=O)COc1ccc(C)cc1C)c1ccccc1. The van der Waals surface area contributed by atoms with E-state index in [1.165, 1.54) is 5.56 Å².